The van der Waals surface area contributed by atoms with E-state index in [1.54, 1.807) is 0 Å². The molecule has 4 saturated carbocycles. The lowest BCUT2D eigenvalue weighted by atomic mass is 9.42. The van der Waals surface area contributed by atoms with Crippen molar-refractivity contribution in [2.75, 3.05) is 6.61 Å². The molecule has 33 heavy (non-hydrogen) atoms. The average molecular weight is 467 g/mol. The number of halogens is 1. The zero-order valence-electron chi connectivity index (χ0n) is 19.9. The monoisotopic (exact) mass is 466 g/mol. The van der Waals surface area contributed by atoms with Gasteiger partial charge in [0, 0.05) is 37.5 Å². The topological polar surface area (TPSA) is 107 Å². The first kappa shape index (κ1) is 24.3. The predicted octanol–water partition coefficient (Wildman–Crippen LogP) is 3.10. The summed E-state index contributed by atoms with van der Waals surface area (Å²) in [4.78, 5) is 48.9. The minimum Gasteiger partial charge on any atom is -0.458 e. The van der Waals surface area contributed by atoms with Gasteiger partial charge in [-0.05, 0) is 56.3 Å². The van der Waals surface area contributed by atoms with E-state index in [1.807, 2.05) is 13.8 Å². The number of rotatable bonds is 4. The number of hydrogen-bond acceptors (Lipinski definition) is 7. The van der Waals surface area contributed by atoms with Crippen LogP contribution in [0.2, 0.25) is 0 Å². The van der Waals surface area contributed by atoms with E-state index >= 15 is 4.39 Å². The van der Waals surface area contributed by atoms with E-state index in [1.165, 1.54) is 13.8 Å². The van der Waals surface area contributed by atoms with Crippen molar-refractivity contribution in [2.24, 2.45) is 28.6 Å². The quantitative estimate of drug-likeness (QED) is 0.635. The molecule has 0 aliphatic heterocycles. The van der Waals surface area contributed by atoms with Crippen molar-refractivity contribution in [1.82, 2.24) is 0 Å². The highest BCUT2D eigenvalue weighted by atomic mass is 19.1. The lowest BCUT2D eigenvalue weighted by Crippen LogP contribution is -2.68. The Balaban J connectivity index is 1.70. The Morgan fingerprint density at radius 3 is 2.30 bits per heavy atom. The third kappa shape index (κ3) is 3.30. The van der Waals surface area contributed by atoms with Crippen LogP contribution in [-0.2, 0) is 28.7 Å². The minimum atomic E-state index is -1.66. The number of carbonyl (C=O) groups is 4. The van der Waals surface area contributed by atoms with Gasteiger partial charge in [0.25, 0.3) is 0 Å². The maximum absolute atomic E-state index is 15.6. The van der Waals surface area contributed by atoms with E-state index in [4.69, 9.17) is 9.47 Å². The van der Waals surface area contributed by atoms with Gasteiger partial charge >= 0.3 is 11.9 Å². The van der Waals surface area contributed by atoms with E-state index in [-0.39, 0.29) is 36.4 Å². The molecule has 0 radical (unpaired) electrons. The van der Waals surface area contributed by atoms with Gasteiger partial charge in [-0.25, -0.2) is 4.39 Å². The van der Waals surface area contributed by atoms with E-state index in [2.05, 4.69) is 0 Å². The standard InChI is InChI=1S/C25H35FO7/c1-14(27)32-13-21(30)25(33-15(2)28)10-7-19-17-11-20(26)24(31)12-16(29)5-8-22(24,3)18(17)6-9-23(19,25)4/h17-20,31H,5-13H2,1-4H3/t17-,18+,19+,20?,22-,23+,24+,25+/m1/s1. The second kappa shape index (κ2) is 7.85. The number of ether oxygens (including phenoxy) is 2. The van der Waals surface area contributed by atoms with Crippen molar-refractivity contribution in [3.8, 4) is 0 Å². The van der Waals surface area contributed by atoms with Crippen LogP contribution in [0, 0.1) is 28.6 Å². The maximum atomic E-state index is 15.6. The fourth-order valence-electron chi connectivity index (χ4n) is 8.23. The summed E-state index contributed by atoms with van der Waals surface area (Å²) in [6.45, 7) is 5.88. The molecule has 0 aromatic heterocycles. The predicted molar refractivity (Wildman–Crippen MR) is 115 cm³/mol. The summed E-state index contributed by atoms with van der Waals surface area (Å²) in [5.41, 5.74) is -4.53. The number of alkyl halides is 1. The van der Waals surface area contributed by atoms with Crippen LogP contribution in [0.5, 0.6) is 0 Å². The second-order valence-corrected chi connectivity index (χ2v) is 11.3. The van der Waals surface area contributed by atoms with Crippen LogP contribution in [0.1, 0.15) is 79.1 Å². The average Bonchev–Trinajstić information content (AvgIpc) is 3.01. The van der Waals surface area contributed by atoms with Gasteiger partial charge in [0.15, 0.2) is 12.2 Å². The van der Waals surface area contributed by atoms with E-state index in [0.717, 1.165) is 0 Å². The van der Waals surface area contributed by atoms with Crippen LogP contribution >= 0.6 is 0 Å². The molecule has 0 aromatic rings. The fraction of sp³-hybridized carbons (Fsp3) is 0.840. The van der Waals surface area contributed by atoms with Gasteiger partial charge in [-0.2, -0.15) is 0 Å². The van der Waals surface area contributed by atoms with Crippen LogP contribution in [0.3, 0.4) is 0 Å². The summed E-state index contributed by atoms with van der Waals surface area (Å²) < 4.78 is 26.4. The molecule has 4 aliphatic rings. The summed E-state index contributed by atoms with van der Waals surface area (Å²) in [5, 5.41) is 11.4. The number of aliphatic hydroxyl groups is 1. The van der Waals surface area contributed by atoms with Gasteiger partial charge in [-0.1, -0.05) is 13.8 Å². The lowest BCUT2D eigenvalue weighted by molar-refractivity contribution is -0.239. The van der Waals surface area contributed by atoms with Crippen LogP contribution in [0.15, 0.2) is 0 Å². The number of carbonyl (C=O) groups excluding carboxylic acids is 4. The third-order valence-electron chi connectivity index (χ3n) is 9.93. The van der Waals surface area contributed by atoms with Gasteiger partial charge in [0.1, 0.15) is 17.6 Å². The number of hydrogen-bond donors (Lipinski definition) is 1. The van der Waals surface area contributed by atoms with E-state index in [9.17, 15) is 24.3 Å². The SMILES string of the molecule is CC(=O)OCC(=O)[C@@]1(OC(C)=O)CC[C@H]2[C@@H]3CC(F)[C@@]4(O)CC(=O)CC[C@]4(C)[C@H]3CC[C@@]21C. The van der Waals surface area contributed by atoms with Crippen LogP contribution < -0.4 is 0 Å². The molecule has 0 bridgehead atoms. The highest BCUT2D eigenvalue weighted by Gasteiger charge is 2.72. The zero-order chi connectivity index (χ0) is 24.4. The van der Waals surface area contributed by atoms with Crippen molar-refractivity contribution >= 4 is 23.5 Å². The van der Waals surface area contributed by atoms with Crippen molar-refractivity contribution < 1.29 is 38.1 Å². The normalized spacial score (nSPS) is 46.5. The minimum absolute atomic E-state index is 0.0115. The summed E-state index contributed by atoms with van der Waals surface area (Å²) in [5.74, 6) is -1.87. The Morgan fingerprint density at radius 2 is 1.67 bits per heavy atom. The molecule has 1 N–H and O–H groups in total. The molecule has 8 heteroatoms. The summed E-state index contributed by atoms with van der Waals surface area (Å²) in [6, 6.07) is 0. The summed E-state index contributed by atoms with van der Waals surface area (Å²) in [7, 11) is 0. The molecule has 0 saturated heterocycles. The van der Waals surface area contributed by atoms with Crippen LogP contribution in [0.25, 0.3) is 0 Å². The summed E-state index contributed by atoms with van der Waals surface area (Å²) >= 11 is 0. The summed E-state index contributed by atoms with van der Waals surface area (Å²) in [6.07, 6.45) is 1.33. The Kier molecular flexibility index (Phi) is 5.78. The second-order valence-electron chi connectivity index (χ2n) is 11.3. The molecular formula is C25H35FO7. The molecule has 0 amide bonds. The van der Waals surface area contributed by atoms with E-state index < -0.39 is 52.5 Å². The Bertz CT molecular complexity index is 888. The maximum Gasteiger partial charge on any atom is 0.303 e. The Hall–Kier alpha value is -1.83. The molecule has 0 aromatic carbocycles. The molecule has 4 rings (SSSR count). The molecule has 7 nitrogen and oxygen atoms in total. The van der Waals surface area contributed by atoms with Crippen LogP contribution in [-0.4, -0.2) is 52.6 Å². The van der Waals surface area contributed by atoms with Crippen LogP contribution in [0.4, 0.5) is 4.39 Å². The third-order valence-corrected chi connectivity index (χ3v) is 9.93. The number of fused-ring (bicyclic) bond motifs is 5. The number of Topliss-reactive ketones (excluding diaryl/α,β-unsaturated/α-hetero) is 2. The first-order valence-electron chi connectivity index (χ1n) is 12.0. The van der Waals surface area contributed by atoms with Crippen molar-refractivity contribution in [3.63, 3.8) is 0 Å². The van der Waals surface area contributed by atoms with Gasteiger partial charge in [-0.3, -0.25) is 19.2 Å². The highest BCUT2D eigenvalue weighted by molar-refractivity contribution is 5.93. The first-order chi connectivity index (χ1) is 15.3. The Labute approximate surface area is 193 Å². The van der Waals surface area contributed by atoms with Crippen molar-refractivity contribution in [3.05, 3.63) is 0 Å². The smallest absolute Gasteiger partial charge is 0.303 e. The lowest BCUT2D eigenvalue weighted by Gasteiger charge is -2.64. The molecule has 184 valence electrons. The molecule has 0 heterocycles. The largest absolute Gasteiger partial charge is 0.458 e. The first-order valence-corrected chi connectivity index (χ1v) is 12.0. The molecule has 8 atom stereocenters. The van der Waals surface area contributed by atoms with Gasteiger partial charge < -0.3 is 14.6 Å². The van der Waals surface area contributed by atoms with Crippen molar-refractivity contribution in [1.29, 1.82) is 0 Å². The zero-order valence-corrected chi connectivity index (χ0v) is 19.9. The molecule has 4 fully saturated rings. The number of ketones is 2. The fourth-order valence-corrected chi connectivity index (χ4v) is 8.23. The van der Waals surface area contributed by atoms with E-state index in [0.29, 0.717) is 38.5 Å². The number of esters is 2. The van der Waals surface area contributed by atoms with Gasteiger partial charge in [0.05, 0.1) is 0 Å². The molecule has 1 unspecified atom stereocenters. The Morgan fingerprint density at radius 1 is 1.03 bits per heavy atom. The molecule has 0 spiro atoms. The molecular weight excluding hydrogens is 431 g/mol. The highest BCUT2D eigenvalue weighted by Crippen LogP contribution is 2.70. The van der Waals surface area contributed by atoms with Crippen molar-refractivity contribution in [2.45, 2.75) is 96.4 Å². The molecule has 4 aliphatic carbocycles. The van der Waals surface area contributed by atoms with Gasteiger partial charge in [0.2, 0.25) is 5.78 Å². The van der Waals surface area contributed by atoms with Gasteiger partial charge in [-0.15, -0.1) is 0 Å².